The fourth-order valence-electron chi connectivity index (χ4n) is 4.94. The Morgan fingerprint density at radius 1 is 1.03 bits per heavy atom. The quantitative estimate of drug-likeness (QED) is 0.542. The minimum Gasteiger partial charge on any atom is -0.339 e. The molecular formula is C26H31N5OS2. The van der Waals surface area contributed by atoms with Gasteiger partial charge in [-0.3, -0.25) is 0 Å². The number of hydrogen-bond donors (Lipinski definition) is 1. The molecule has 1 saturated heterocycles. The molecule has 5 rings (SSSR count). The lowest BCUT2D eigenvalue weighted by Gasteiger charge is -2.43. The van der Waals surface area contributed by atoms with Gasteiger partial charge in [-0.05, 0) is 68.7 Å². The zero-order valence-corrected chi connectivity index (χ0v) is 21.5. The molecule has 1 aliphatic carbocycles. The van der Waals surface area contributed by atoms with Crippen molar-refractivity contribution in [1.29, 1.82) is 0 Å². The van der Waals surface area contributed by atoms with E-state index >= 15 is 0 Å². The Labute approximate surface area is 208 Å². The lowest BCUT2D eigenvalue weighted by Crippen LogP contribution is -2.48. The van der Waals surface area contributed by atoms with Crippen molar-refractivity contribution in [2.24, 2.45) is 5.41 Å². The van der Waals surface area contributed by atoms with Gasteiger partial charge in [0.2, 0.25) is 5.95 Å². The lowest BCUT2D eigenvalue weighted by molar-refractivity contribution is 0.177. The van der Waals surface area contributed by atoms with Gasteiger partial charge >= 0.3 is 0 Å². The van der Waals surface area contributed by atoms with E-state index in [1.807, 2.05) is 45.2 Å². The predicted octanol–water partition coefficient (Wildman–Crippen LogP) is 4.96. The number of nitrogens with zero attached hydrogens (tertiary/aromatic N) is 4. The molecular weight excluding hydrogens is 462 g/mol. The van der Waals surface area contributed by atoms with E-state index in [-0.39, 0.29) is 16.2 Å². The van der Waals surface area contributed by atoms with E-state index in [4.69, 9.17) is 0 Å². The van der Waals surface area contributed by atoms with E-state index in [0.29, 0.717) is 5.95 Å². The van der Waals surface area contributed by atoms with Crippen LogP contribution in [0.2, 0.25) is 0 Å². The molecule has 1 aromatic heterocycles. The van der Waals surface area contributed by atoms with Crippen LogP contribution in [0.5, 0.6) is 0 Å². The van der Waals surface area contributed by atoms with Crippen molar-refractivity contribution in [3.63, 3.8) is 0 Å². The maximum atomic E-state index is 13.1. The number of fused-ring (bicyclic) bond motifs is 1. The van der Waals surface area contributed by atoms with Gasteiger partial charge in [-0.25, -0.2) is 13.9 Å². The SMILES string of the molecule is CC(C)(C)S(=O)N[C@@H]1c2ccccc2CC12CCN(c1ncc(Sc3ccccc3)nn1)CC2. The maximum Gasteiger partial charge on any atom is 0.245 e. The molecule has 0 bridgehead atoms. The van der Waals surface area contributed by atoms with Gasteiger partial charge in [0, 0.05) is 18.0 Å². The van der Waals surface area contributed by atoms with E-state index in [1.54, 1.807) is 11.8 Å². The lowest BCUT2D eigenvalue weighted by atomic mass is 9.73. The monoisotopic (exact) mass is 493 g/mol. The van der Waals surface area contributed by atoms with Crippen LogP contribution in [-0.4, -0.2) is 37.2 Å². The summed E-state index contributed by atoms with van der Waals surface area (Å²) < 4.78 is 16.3. The first-order chi connectivity index (χ1) is 16.3. The van der Waals surface area contributed by atoms with Crippen molar-refractivity contribution in [2.75, 3.05) is 18.0 Å². The summed E-state index contributed by atoms with van der Waals surface area (Å²) in [5.74, 6) is 0.686. The summed E-state index contributed by atoms with van der Waals surface area (Å²) in [6.45, 7) is 7.80. The Kier molecular flexibility index (Phi) is 6.48. The van der Waals surface area contributed by atoms with Crippen molar-refractivity contribution in [1.82, 2.24) is 19.9 Å². The molecule has 0 radical (unpaired) electrons. The second-order valence-electron chi connectivity index (χ2n) is 10.2. The van der Waals surface area contributed by atoms with Gasteiger partial charge in [0.15, 0.2) is 0 Å². The van der Waals surface area contributed by atoms with Gasteiger partial charge in [-0.2, -0.15) is 0 Å². The molecule has 8 heteroatoms. The van der Waals surface area contributed by atoms with Gasteiger partial charge in [0.1, 0.15) is 5.03 Å². The van der Waals surface area contributed by atoms with Crippen molar-refractivity contribution in [3.05, 3.63) is 71.9 Å². The molecule has 34 heavy (non-hydrogen) atoms. The fourth-order valence-corrected chi connectivity index (χ4v) is 6.60. The first-order valence-electron chi connectivity index (χ1n) is 11.8. The number of nitrogens with one attached hydrogen (secondary N) is 1. The van der Waals surface area contributed by atoms with Crippen molar-refractivity contribution < 1.29 is 4.21 Å². The number of benzene rings is 2. The minimum atomic E-state index is -1.13. The average molecular weight is 494 g/mol. The van der Waals surface area contributed by atoms with Crippen LogP contribution in [0.4, 0.5) is 5.95 Å². The molecule has 2 heterocycles. The topological polar surface area (TPSA) is 71.0 Å². The second kappa shape index (κ2) is 9.40. The minimum absolute atomic E-state index is 0.0532. The molecule has 1 aliphatic heterocycles. The van der Waals surface area contributed by atoms with E-state index < -0.39 is 11.0 Å². The summed E-state index contributed by atoms with van der Waals surface area (Å²) in [4.78, 5) is 7.98. The number of aromatic nitrogens is 3. The maximum absolute atomic E-state index is 13.1. The highest BCUT2D eigenvalue weighted by atomic mass is 32.2. The third kappa shape index (κ3) is 4.76. The van der Waals surface area contributed by atoms with Crippen LogP contribution < -0.4 is 9.62 Å². The Morgan fingerprint density at radius 2 is 1.74 bits per heavy atom. The van der Waals surface area contributed by atoms with E-state index in [0.717, 1.165) is 42.3 Å². The highest BCUT2D eigenvalue weighted by Crippen LogP contribution is 2.52. The van der Waals surface area contributed by atoms with Crippen LogP contribution in [-0.2, 0) is 17.4 Å². The normalized spacial score (nSPS) is 20.3. The molecule has 1 N–H and O–H groups in total. The first kappa shape index (κ1) is 23.5. The summed E-state index contributed by atoms with van der Waals surface area (Å²) in [5, 5.41) is 9.64. The van der Waals surface area contributed by atoms with Crippen LogP contribution in [0.3, 0.4) is 0 Å². The Bertz CT molecular complexity index is 1160. The van der Waals surface area contributed by atoms with Crippen molar-refractivity contribution in [3.8, 4) is 0 Å². The van der Waals surface area contributed by atoms with Gasteiger partial charge in [0.05, 0.1) is 28.0 Å². The zero-order valence-electron chi connectivity index (χ0n) is 19.9. The zero-order chi connectivity index (χ0) is 23.8. The Morgan fingerprint density at radius 3 is 2.41 bits per heavy atom. The molecule has 0 saturated carbocycles. The summed E-state index contributed by atoms with van der Waals surface area (Å²) in [6.07, 6.45) is 4.81. The molecule has 2 atom stereocenters. The number of piperidine rings is 1. The molecule has 2 aromatic carbocycles. The van der Waals surface area contributed by atoms with Crippen molar-refractivity contribution >= 4 is 28.7 Å². The largest absolute Gasteiger partial charge is 0.339 e. The Balaban J connectivity index is 1.29. The molecule has 178 valence electrons. The standard InChI is InChI=1S/C26H31N5OS2/c1-25(2,3)34(32)30-23-21-12-8-7-9-19(21)17-26(23)13-15-31(16-14-26)24-27-18-22(28-29-24)33-20-10-5-4-6-11-20/h4-12,18,23,30H,13-17H2,1-3H3/t23-,34?/m1/s1. The Hall–Kier alpha value is -2.29. The fraction of sp³-hybridized carbons (Fsp3) is 0.423. The molecule has 6 nitrogen and oxygen atoms in total. The van der Waals surface area contributed by atoms with Crippen LogP contribution >= 0.6 is 11.8 Å². The number of rotatable bonds is 5. The van der Waals surface area contributed by atoms with Gasteiger partial charge in [-0.15, -0.1) is 10.2 Å². The molecule has 3 aromatic rings. The van der Waals surface area contributed by atoms with E-state index in [1.165, 1.54) is 11.1 Å². The average Bonchev–Trinajstić information content (AvgIpc) is 3.13. The highest BCUT2D eigenvalue weighted by Gasteiger charge is 2.49. The van der Waals surface area contributed by atoms with Crippen molar-refractivity contribution in [2.45, 2.75) is 60.7 Å². The van der Waals surface area contributed by atoms with E-state index in [9.17, 15) is 4.21 Å². The third-order valence-electron chi connectivity index (χ3n) is 6.84. The summed E-state index contributed by atoms with van der Waals surface area (Å²) in [5.41, 5.74) is 2.73. The highest BCUT2D eigenvalue weighted by molar-refractivity contribution is 7.99. The summed E-state index contributed by atoms with van der Waals surface area (Å²) in [7, 11) is -1.13. The van der Waals surface area contributed by atoms with Gasteiger partial charge in [0.25, 0.3) is 0 Å². The molecule has 0 amide bonds. The molecule has 1 unspecified atom stereocenters. The van der Waals surface area contributed by atoms with Crippen LogP contribution in [0.25, 0.3) is 0 Å². The van der Waals surface area contributed by atoms with Gasteiger partial charge in [-0.1, -0.05) is 54.2 Å². The van der Waals surface area contributed by atoms with Gasteiger partial charge < -0.3 is 4.90 Å². The predicted molar refractivity (Wildman–Crippen MR) is 138 cm³/mol. The van der Waals surface area contributed by atoms with Crippen LogP contribution in [0, 0.1) is 5.41 Å². The molecule has 1 spiro atoms. The van der Waals surface area contributed by atoms with Crippen LogP contribution in [0.1, 0.15) is 50.8 Å². The van der Waals surface area contributed by atoms with E-state index in [2.05, 4.69) is 61.2 Å². The molecule has 1 fully saturated rings. The van der Waals surface area contributed by atoms with Crippen LogP contribution in [0.15, 0.2) is 70.7 Å². The smallest absolute Gasteiger partial charge is 0.245 e. The number of hydrogen-bond acceptors (Lipinski definition) is 6. The third-order valence-corrected chi connectivity index (χ3v) is 9.30. The number of anilines is 1. The second-order valence-corrected chi connectivity index (χ2v) is 13.3. The first-order valence-corrected chi connectivity index (χ1v) is 13.7. The molecule has 2 aliphatic rings. The summed E-state index contributed by atoms with van der Waals surface area (Å²) >= 11 is 1.57. The summed E-state index contributed by atoms with van der Waals surface area (Å²) in [6, 6.07) is 18.9.